The number of hydrogen-bond donors (Lipinski definition) is 0. The highest BCUT2D eigenvalue weighted by Crippen LogP contribution is 2.50. The van der Waals surface area contributed by atoms with E-state index < -0.39 is 7.14 Å². The first-order valence-corrected chi connectivity index (χ1v) is 16.7. The molecule has 202 valence electrons. The zero-order valence-corrected chi connectivity index (χ0v) is 25.0. The molecule has 42 heavy (non-hydrogen) atoms. The van der Waals surface area contributed by atoms with Gasteiger partial charge < -0.3 is 4.57 Å². The van der Waals surface area contributed by atoms with Crippen molar-refractivity contribution in [3.8, 4) is 11.1 Å². The minimum Gasteiger partial charge on any atom is -0.309 e. The first-order valence-electron chi connectivity index (χ1n) is 14.1. The molecule has 0 bridgehead atoms. The van der Waals surface area contributed by atoms with Gasteiger partial charge in [-0.2, -0.15) is 0 Å². The first-order chi connectivity index (χ1) is 20.6. The minimum atomic E-state index is -3.28. The summed E-state index contributed by atoms with van der Waals surface area (Å²) in [7, 11) is -3.28. The third-order valence-electron chi connectivity index (χ3n) is 7.88. The van der Waals surface area contributed by atoms with Crippen LogP contribution in [0.2, 0.25) is 0 Å². The summed E-state index contributed by atoms with van der Waals surface area (Å²) in [5, 5.41) is 7.07. The summed E-state index contributed by atoms with van der Waals surface area (Å²) in [5.41, 5.74) is 3.40. The van der Waals surface area contributed by atoms with E-state index >= 15 is 4.57 Å². The molecule has 0 N–H and O–H groups in total. The largest absolute Gasteiger partial charge is 0.309 e. The summed E-state index contributed by atoms with van der Waals surface area (Å²) >= 11 is 1.76. The van der Waals surface area contributed by atoms with Gasteiger partial charge in [-0.3, -0.25) is 0 Å². The quantitative estimate of drug-likeness (QED) is 0.183. The van der Waals surface area contributed by atoms with Gasteiger partial charge in [0.2, 0.25) is 0 Å². The predicted molar refractivity (Wildman–Crippen MR) is 182 cm³/mol. The zero-order chi connectivity index (χ0) is 28.5. The Bertz CT molecular complexity index is 2040. The summed E-state index contributed by atoms with van der Waals surface area (Å²) in [6, 6.07) is 54.4. The Kier molecular flexibility index (Phi) is 7.04. The van der Waals surface area contributed by atoms with Crippen molar-refractivity contribution in [3.05, 3.63) is 163 Å². The number of rotatable bonds is 6. The lowest BCUT2D eigenvalue weighted by molar-refractivity contribution is 0.592. The van der Waals surface area contributed by atoms with Crippen LogP contribution in [-0.4, -0.2) is 0 Å². The van der Waals surface area contributed by atoms with Crippen molar-refractivity contribution >= 4 is 56.4 Å². The van der Waals surface area contributed by atoms with Crippen molar-refractivity contribution < 1.29 is 4.57 Å². The third-order valence-corrected chi connectivity index (χ3v) is 12.0. The van der Waals surface area contributed by atoms with Crippen LogP contribution in [0.4, 0.5) is 0 Å². The van der Waals surface area contributed by atoms with Gasteiger partial charge in [0.05, 0.1) is 0 Å². The van der Waals surface area contributed by atoms with Crippen molar-refractivity contribution in [3.63, 3.8) is 0 Å². The van der Waals surface area contributed by atoms with E-state index in [1.165, 1.54) is 10.5 Å². The highest BCUT2D eigenvalue weighted by molar-refractivity contribution is 7.99. The van der Waals surface area contributed by atoms with E-state index in [4.69, 9.17) is 0 Å². The minimum absolute atomic E-state index is 0.834. The Balaban J connectivity index is 1.62. The molecule has 0 amide bonds. The van der Waals surface area contributed by atoms with Crippen molar-refractivity contribution in [2.45, 2.75) is 16.7 Å². The van der Waals surface area contributed by atoms with Crippen LogP contribution in [0.25, 0.3) is 32.7 Å². The van der Waals surface area contributed by atoms with Gasteiger partial charge in [0.15, 0.2) is 7.14 Å². The van der Waals surface area contributed by atoms with Gasteiger partial charge in [-0.1, -0.05) is 151 Å². The lowest BCUT2D eigenvalue weighted by Crippen LogP contribution is -2.26. The fourth-order valence-electron chi connectivity index (χ4n) is 5.82. The van der Waals surface area contributed by atoms with Crippen LogP contribution >= 0.6 is 18.9 Å². The molecule has 7 aromatic carbocycles. The number of fused-ring (bicyclic) bond motifs is 2. The first kappa shape index (κ1) is 26.5. The van der Waals surface area contributed by atoms with Gasteiger partial charge in [-0.05, 0) is 52.7 Å². The van der Waals surface area contributed by atoms with E-state index in [1.807, 2.05) is 60.7 Å². The van der Waals surface area contributed by atoms with Gasteiger partial charge in [-0.15, -0.1) is 0 Å². The van der Waals surface area contributed by atoms with Crippen LogP contribution in [0.5, 0.6) is 0 Å². The summed E-state index contributed by atoms with van der Waals surface area (Å²) in [4.78, 5) is 2.32. The van der Waals surface area contributed by atoms with E-state index in [-0.39, 0.29) is 0 Å². The van der Waals surface area contributed by atoms with Gasteiger partial charge in [0, 0.05) is 36.8 Å². The van der Waals surface area contributed by atoms with Crippen LogP contribution in [-0.2, 0) is 4.57 Å². The molecule has 1 nitrogen and oxygen atoms in total. The molecule has 0 saturated heterocycles. The molecule has 0 radical (unpaired) electrons. The molecular weight excluding hydrogens is 547 g/mol. The van der Waals surface area contributed by atoms with Crippen molar-refractivity contribution in [1.29, 1.82) is 0 Å². The Morgan fingerprint density at radius 2 is 0.976 bits per heavy atom. The monoisotopic (exact) mass is 576 g/mol. The van der Waals surface area contributed by atoms with Gasteiger partial charge in [0.1, 0.15) is 0 Å². The lowest BCUT2D eigenvalue weighted by Gasteiger charge is -2.26. The van der Waals surface area contributed by atoms with Crippen LogP contribution in [0, 0.1) is 6.92 Å². The number of hydrogen-bond acceptors (Lipinski definition) is 2. The molecule has 0 fully saturated rings. The van der Waals surface area contributed by atoms with E-state index in [0.717, 1.165) is 53.5 Å². The zero-order valence-electron chi connectivity index (χ0n) is 23.3. The Hall–Kier alpha value is -4.36. The highest BCUT2D eigenvalue weighted by atomic mass is 32.2. The number of benzene rings is 7. The standard InChI is InChI=1S/C39H29OPS/c1-28-20-24-33(25-21-28)42-37-27-23-30-13-9-11-19-35(30)39(37)38-34-18-10-8-12-29(34)22-26-36(38)41(40,31-14-4-2-5-15-31)32-16-6-3-7-17-32/h2-27H,1H3. The summed E-state index contributed by atoms with van der Waals surface area (Å²) < 4.78 is 15.9. The average molecular weight is 577 g/mol. The van der Waals surface area contributed by atoms with Gasteiger partial charge in [0.25, 0.3) is 0 Å². The average Bonchev–Trinajstić information content (AvgIpc) is 3.06. The van der Waals surface area contributed by atoms with Gasteiger partial charge in [-0.25, -0.2) is 0 Å². The Morgan fingerprint density at radius 1 is 0.476 bits per heavy atom. The second-order valence-corrected chi connectivity index (χ2v) is 14.4. The molecule has 7 rings (SSSR count). The fraction of sp³-hybridized carbons (Fsp3) is 0.0256. The molecule has 0 spiro atoms. The van der Waals surface area contributed by atoms with Crippen molar-refractivity contribution in [1.82, 2.24) is 0 Å². The third kappa shape index (κ3) is 4.68. The normalized spacial score (nSPS) is 11.6. The highest BCUT2D eigenvalue weighted by Gasteiger charge is 2.34. The molecule has 0 aliphatic heterocycles. The number of aryl methyl sites for hydroxylation is 1. The molecule has 0 heterocycles. The van der Waals surface area contributed by atoms with E-state index in [9.17, 15) is 0 Å². The van der Waals surface area contributed by atoms with Crippen LogP contribution in [0.15, 0.2) is 168 Å². The molecule has 7 aromatic rings. The maximum Gasteiger partial charge on any atom is 0.171 e. The fourth-order valence-corrected chi connectivity index (χ4v) is 9.66. The van der Waals surface area contributed by atoms with Crippen LogP contribution in [0.1, 0.15) is 5.56 Å². The summed E-state index contributed by atoms with van der Waals surface area (Å²) in [5.74, 6) is 0. The topological polar surface area (TPSA) is 17.1 Å². The smallest absolute Gasteiger partial charge is 0.171 e. The summed E-state index contributed by atoms with van der Waals surface area (Å²) in [6.07, 6.45) is 0. The second kappa shape index (κ2) is 11.1. The van der Waals surface area contributed by atoms with Crippen LogP contribution in [0.3, 0.4) is 0 Å². The molecule has 3 heteroatoms. The van der Waals surface area contributed by atoms with Gasteiger partial charge >= 0.3 is 0 Å². The van der Waals surface area contributed by atoms with E-state index in [1.54, 1.807) is 11.8 Å². The molecule has 0 saturated carbocycles. The molecule has 0 unspecified atom stereocenters. The Morgan fingerprint density at radius 3 is 1.57 bits per heavy atom. The molecule has 0 aliphatic carbocycles. The van der Waals surface area contributed by atoms with E-state index in [0.29, 0.717) is 0 Å². The van der Waals surface area contributed by atoms with Crippen molar-refractivity contribution in [2.24, 2.45) is 0 Å². The van der Waals surface area contributed by atoms with Crippen molar-refractivity contribution in [2.75, 3.05) is 0 Å². The molecule has 0 aliphatic rings. The lowest BCUT2D eigenvalue weighted by atomic mass is 9.94. The van der Waals surface area contributed by atoms with E-state index in [2.05, 4.69) is 104 Å². The maximum absolute atomic E-state index is 15.9. The Labute approximate surface area is 251 Å². The van der Waals surface area contributed by atoms with Crippen LogP contribution < -0.4 is 15.9 Å². The predicted octanol–water partition coefficient (Wildman–Crippen LogP) is 9.76. The SMILES string of the molecule is Cc1ccc(Sc2ccc3ccccc3c2-c2c(P(=O)(c3ccccc3)c3ccccc3)ccc3ccccc23)cc1. The molecular formula is C39H29OPS. The molecule has 0 aromatic heterocycles. The summed E-state index contributed by atoms with van der Waals surface area (Å²) in [6.45, 7) is 2.11. The second-order valence-electron chi connectivity index (χ2n) is 10.5. The maximum atomic E-state index is 15.9. The molecule has 0 atom stereocenters.